The van der Waals surface area contributed by atoms with E-state index < -0.39 is 6.04 Å². The van der Waals surface area contributed by atoms with Gasteiger partial charge in [-0.2, -0.15) is 0 Å². The van der Waals surface area contributed by atoms with E-state index in [1.54, 1.807) is 0 Å². The number of hydrogen-bond acceptors (Lipinski definition) is 3. The highest BCUT2D eigenvalue weighted by Gasteiger charge is 2.30. The highest BCUT2D eigenvalue weighted by Crippen LogP contribution is 2.31. The second kappa shape index (κ2) is 5.18. The van der Waals surface area contributed by atoms with Gasteiger partial charge < -0.3 is 10.6 Å². The molecule has 96 valence electrons. The summed E-state index contributed by atoms with van der Waals surface area (Å²) in [6, 6.07) is 5.35. The van der Waals surface area contributed by atoms with Gasteiger partial charge in [-0.25, -0.2) is 0 Å². The third-order valence-electron chi connectivity index (χ3n) is 2.88. The molecular formula is C13H17N3O2. The van der Waals surface area contributed by atoms with Crippen molar-refractivity contribution in [1.82, 2.24) is 10.6 Å². The molecule has 1 heterocycles. The van der Waals surface area contributed by atoms with Gasteiger partial charge in [-0.3, -0.25) is 14.9 Å². The van der Waals surface area contributed by atoms with E-state index in [1.807, 2.05) is 32.0 Å². The SMILES string of the molecule is CCNC(=O)CNC1C(=O)Nc2ccc(C)cc21. The summed E-state index contributed by atoms with van der Waals surface area (Å²) in [7, 11) is 0. The first-order valence-electron chi connectivity index (χ1n) is 6.03. The van der Waals surface area contributed by atoms with Gasteiger partial charge in [0.25, 0.3) is 0 Å². The van der Waals surface area contributed by atoms with Crippen LogP contribution in [0.5, 0.6) is 0 Å². The number of likely N-dealkylation sites (N-methyl/N-ethyl adjacent to an activating group) is 1. The molecule has 2 rings (SSSR count). The molecule has 1 aromatic carbocycles. The summed E-state index contributed by atoms with van der Waals surface area (Å²) in [4.78, 5) is 23.2. The second-order valence-corrected chi connectivity index (χ2v) is 4.35. The van der Waals surface area contributed by atoms with Gasteiger partial charge in [0.1, 0.15) is 6.04 Å². The van der Waals surface area contributed by atoms with Crippen molar-refractivity contribution < 1.29 is 9.59 Å². The van der Waals surface area contributed by atoms with Crippen LogP contribution in [0.15, 0.2) is 18.2 Å². The Hall–Kier alpha value is -1.88. The summed E-state index contributed by atoms with van der Waals surface area (Å²) in [6.07, 6.45) is 0. The van der Waals surface area contributed by atoms with E-state index in [1.165, 1.54) is 0 Å². The Morgan fingerprint density at radius 2 is 2.22 bits per heavy atom. The fourth-order valence-electron chi connectivity index (χ4n) is 2.04. The van der Waals surface area contributed by atoms with Crippen LogP contribution in [0.1, 0.15) is 24.1 Å². The van der Waals surface area contributed by atoms with E-state index in [2.05, 4.69) is 16.0 Å². The number of carbonyl (C=O) groups excluding carboxylic acids is 2. The fraction of sp³-hybridized carbons (Fsp3) is 0.385. The van der Waals surface area contributed by atoms with Gasteiger partial charge in [-0.1, -0.05) is 17.7 Å². The van der Waals surface area contributed by atoms with Gasteiger partial charge in [0.15, 0.2) is 0 Å². The Balaban J connectivity index is 2.08. The molecule has 0 spiro atoms. The first-order chi connectivity index (χ1) is 8.61. The Kier molecular flexibility index (Phi) is 3.62. The van der Waals surface area contributed by atoms with Gasteiger partial charge >= 0.3 is 0 Å². The topological polar surface area (TPSA) is 70.2 Å². The van der Waals surface area contributed by atoms with E-state index in [4.69, 9.17) is 0 Å². The average Bonchev–Trinajstić information content (AvgIpc) is 2.62. The minimum Gasteiger partial charge on any atom is -0.355 e. The largest absolute Gasteiger partial charge is 0.355 e. The lowest BCUT2D eigenvalue weighted by Gasteiger charge is -2.11. The molecule has 0 bridgehead atoms. The van der Waals surface area contributed by atoms with Crippen LogP contribution in [0.3, 0.4) is 0 Å². The van der Waals surface area contributed by atoms with Crippen molar-refractivity contribution in [2.24, 2.45) is 0 Å². The molecule has 0 saturated carbocycles. The van der Waals surface area contributed by atoms with Crippen LogP contribution in [0.4, 0.5) is 5.69 Å². The molecule has 2 amide bonds. The average molecular weight is 247 g/mol. The number of rotatable bonds is 4. The zero-order valence-corrected chi connectivity index (χ0v) is 10.5. The van der Waals surface area contributed by atoms with Crippen molar-refractivity contribution in [2.75, 3.05) is 18.4 Å². The zero-order chi connectivity index (χ0) is 13.1. The molecule has 1 unspecified atom stereocenters. The van der Waals surface area contributed by atoms with E-state index in [0.717, 1.165) is 16.8 Å². The third kappa shape index (κ3) is 2.51. The normalized spacial score (nSPS) is 17.2. The van der Waals surface area contributed by atoms with Crippen molar-refractivity contribution >= 4 is 17.5 Å². The number of benzene rings is 1. The lowest BCUT2D eigenvalue weighted by Crippen LogP contribution is -2.37. The van der Waals surface area contributed by atoms with Crippen molar-refractivity contribution in [1.29, 1.82) is 0 Å². The monoisotopic (exact) mass is 247 g/mol. The van der Waals surface area contributed by atoms with Crippen LogP contribution in [0.2, 0.25) is 0 Å². The number of aryl methyl sites for hydroxylation is 1. The molecule has 5 heteroatoms. The van der Waals surface area contributed by atoms with Gasteiger partial charge in [0, 0.05) is 17.8 Å². The fourth-order valence-corrected chi connectivity index (χ4v) is 2.04. The summed E-state index contributed by atoms with van der Waals surface area (Å²) in [5, 5.41) is 8.46. The van der Waals surface area contributed by atoms with E-state index >= 15 is 0 Å². The first kappa shape index (κ1) is 12.6. The maximum atomic E-state index is 11.8. The predicted octanol–water partition coefficient (Wildman–Crippen LogP) is 0.714. The quantitative estimate of drug-likeness (QED) is 0.734. The van der Waals surface area contributed by atoms with E-state index in [9.17, 15) is 9.59 Å². The second-order valence-electron chi connectivity index (χ2n) is 4.35. The molecule has 0 aromatic heterocycles. The Labute approximate surface area is 106 Å². The highest BCUT2D eigenvalue weighted by molar-refractivity contribution is 6.02. The van der Waals surface area contributed by atoms with Crippen LogP contribution in [0, 0.1) is 6.92 Å². The standard InChI is InChI=1S/C13H17N3O2/c1-3-14-11(17)7-15-12-9-6-8(2)4-5-10(9)16-13(12)18/h4-6,12,15H,3,7H2,1-2H3,(H,14,17)(H,16,18). The van der Waals surface area contributed by atoms with Crippen LogP contribution in [-0.4, -0.2) is 24.9 Å². The number of fused-ring (bicyclic) bond motifs is 1. The molecule has 3 N–H and O–H groups in total. The Bertz CT molecular complexity index is 485. The Morgan fingerprint density at radius 3 is 2.94 bits per heavy atom. The van der Waals surface area contributed by atoms with Crippen molar-refractivity contribution in [3.63, 3.8) is 0 Å². The number of anilines is 1. The molecule has 0 radical (unpaired) electrons. The summed E-state index contributed by atoms with van der Waals surface area (Å²) in [5.41, 5.74) is 2.82. The van der Waals surface area contributed by atoms with Crippen molar-refractivity contribution in [3.05, 3.63) is 29.3 Å². The number of hydrogen-bond donors (Lipinski definition) is 3. The van der Waals surface area contributed by atoms with E-state index in [-0.39, 0.29) is 18.4 Å². The summed E-state index contributed by atoms with van der Waals surface area (Å²) < 4.78 is 0. The molecule has 18 heavy (non-hydrogen) atoms. The molecule has 1 aromatic rings. The van der Waals surface area contributed by atoms with Gasteiger partial charge in [0.05, 0.1) is 6.54 Å². The number of amides is 2. The van der Waals surface area contributed by atoms with Crippen LogP contribution >= 0.6 is 0 Å². The maximum absolute atomic E-state index is 11.8. The first-order valence-corrected chi connectivity index (χ1v) is 6.03. The van der Waals surface area contributed by atoms with Crippen molar-refractivity contribution in [3.8, 4) is 0 Å². The summed E-state index contributed by atoms with van der Waals surface area (Å²) >= 11 is 0. The predicted molar refractivity (Wildman–Crippen MR) is 69.2 cm³/mol. The number of carbonyl (C=O) groups is 2. The molecular weight excluding hydrogens is 230 g/mol. The molecule has 0 saturated heterocycles. The van der Waals surface area contributed by atoms with Crippen LogP contribution in [-0.2, 0) is 9.59 Å². The van der Waals surface area contributed by atoms with Crippen LogP contribution in [0.25, 0.3) is 0 Å². The molecule has 5 nitrogen and oxygen atoms in total. The molecule has 1 aliphatic heterocycles. The Morgan fingerprint density at radius 1 is 1.44 bits per heavy atom. The van der Waals surface area contributed by atoms with Gasteiger partial charge in [-0.15, -0.1) is 0 Å². The molecule has 0 aliphatic carbocycles. The van der Waals surface area contributed by atoms with Gasteiger partial charge in [-0.05, 0) is 19.9 Å². The maximum Gasteiger partial charge on any atom is 0.246 e. The van der Waals surface area contributed by atoms with Crippen LogP contribution < -0.4 is 16.0 Å². The minimum atomic E-state index is -0.442. The lowest BCUT2D eigenvalue weighted by molar-refractivity contribution is -0.121. The zero-order valence-electron chi connectivity index (χ0n) is 10.5. The summed E-state index contributed by atoms with van der Waals surface area (Å²) in [5.74, 6) is -0.216. The summed E-state index contributed by atoms with van der Waals surface area (Å²) in [6.45, 7) is 4.56. The third-order valence-corrected chi connectivity index (χ3v) is 2.88. The smallest absolute Gasteiger partial charge is 0.246 e. The van der Waals surface area contributed by atoms with Crippen molar-refractivity contribution in [2.45, 2.75) is 19.9 Å². The minimum absolute atomic E-state index is 0.105. The molecule has 1 atom stereocenters. The lowest BCUT2D eigenvalue weighted by atomic mass is 10.1. The highest BCUT2D eigenvalue weighted by atomic mass is 16.2. The number of nitrogens with one attached hydrogen (secondary N) is 3. The molecule has 1 aliphatic rings. The van der Waals surface area contributed by atoms with Gasteiger partial charge in [0.2, 0.25) is 11.8 Å². The molecule has 0 fully saturated rings. The van der Waals surface area contributed by atoms with E-state index in [0.29, 0.717) is 6.54 Å².